The first-order chi connectivity index (χ1) is 13.2. The zero-order chi connectivity index (χ0) is 19.5. The lowest BCUT2D eigenvalue weighted by atomic mass is 10.2. The topological polar surface area (TPSA) is 76.1 Å². The molecule has 0 radical (unpaired) electrons. The van der Waals surface area contributed by atoms with Gasteiger partial charge in [0.25, 0.3) is 0 Å². The molecule has 2 rings (SSSR count). The van der Waals surface area contributed by atoms with E-state index in [9.17, 15) is 14.7 Å². The molecule has 0 bridgehead atoms. The third-order valence-corrected chi connectivity index (χ3v) is 3.92. The van der Waals surface area contributed by atoms with Crippen molar-refractivity contribution in [2.45, 2.75) is 32.4 Å². The number of ether oxygens (including phenoxy) is 2. The van der Waals surface area contributed by atoms with Crippen LogP contribution in [-0.2, 0) is 16.1 Å². The van der Waals surface area contributed by atoms with Crippen LogP contribution in [0.2, 0.25) is 0 Å². The van der Waals surface area contributed by atoms with Crippen molar-refractivity contribution < 1.29 is 24.2 Å². The van der Waals surface area contributed by atoms with Crippen LogP contribution in [0.25, 0.3) is 0 Å². The van der Waals surface area contributed by atoms with Crippen LogP contribution in [0.15, 0.2) is 60.7 Å². The third-order valence-electron chi connectivity index (χ3n) is 3.92. The van der Waals surface area contributed by atoms with Crippen molar-refractivity contribution in [2.75, 3.05) is 13.2 Å². The van der Waals surface area contributed by atoms with Crippen molar-refractivity contribution in [2.24, 2.45) is 0 Å². The fourth-order valence-corrected chi connectivity index (χ4v) is 2.61. The molecule has 2 aromatic rings. The minimum Gasteiger partial charge on any atom is -0.445 e. The van der Waals surface area contributed by atoms with Gasteiger partial charge in [-0.1, -0.05) is 55.5 Å². The molecule has 0 saturated carbocycles. The summed E-state index contributed by atoms with van der Waals surface area (Å²) in [6, 6.07) is 17.0. The Morgan fingerprint density at radius 2 is 1.67 bits per heavy atom. The Hall–Kier alpha value is -2.86. The van der Waals surface area contributed by atoms with Gasteiger partial charge < -0.3 is 14.6 Å². The van der Waals surface area contributed by atoms with Gasteiger partial charge in [0.1, 0.15) is 18.4 Å². The number of carbonyl (C=O) groups excluding carboxylic acids is 2. The second kappa shape index (κ2) is 11.0. The Labute approximate surface area is 159 Å². The van der Waals surface area contributed by atoms with Crippen molar-refractivity contribution in [3.05, 3.63) is 66.2 Å². The van der Waals surface area contributed by atoms with Crippen LogP contribution in [0.3, 0.4) is 0 Å². The molecule has 0 fully saturated rings. The molecule has 0 unspecified atom stereocenters. The van der Waals surface area contributed by atoms with Crippen LogP contribution < -0.4 is 4.74 Å². The first kappa shape index (κ1) is 20.5. The summed E-state index contributed by atoms with van der Waals surface area (Å²) in [6.07, 6.45) is 0.108. The van der Waals surface area contributed by atoms with Crippen LogP contribution in [0.1, 0.15) is 25.3 Å². The molecule has 0 heterocycles. The lowest BCUT2D eigenvalue weighted by Gasteiger charge is -2.29. The van der Waals surface area contributed by atoms with Gasteiger partial charge in [0.05, 0.1) is 0 Å². The lowest BCUT2D eigenvalue weighted by Crippen LogP contribution is -2.47. The minimum absolute atomic E-state index is 0.0755. The van der Waals surface area contributed by atoms with Crippen molar-refractivity contribution in [3.8, 4) is 5.75 Å². The first-order valence-corrected chi connectivity index (χ1v) is 9.00. The Kier molecular flexibility index (Phi) is 8.32. The second-order valence-electron chi connectivity index (χ2n) is 6.00. The van der Waals surface area contributed by atoms with Crippen LogP contribution in [-0.4, -0.2) is 41.3 Å². The van der Waals surface area contributed by atoms with Gasteiger partial charge in [-0.3, -0.25) is 4.90 Å². The molecule has 144 valence electrons. The normalized spacial score (nSPS) is 11.5. The number of carbonyl (C=O) groups is 2. The number of amides is 1. The fraction of sp³-hybridized carbons (Fsp3) is 0.333. The quantitative estimate of drug-likeness (QED) is 0.540. The van der Waals surface area contributed by atoms with E-state index in [2.05, 4.69) is 0 Å². The van der Waals surface area contributed by atoms with Gasteiger partial charge >= 0.3 is 12.1 Å². The zero-order valence-corrected chi connectivity index (χ0v) is 15.4. The number of benzene rings is 2. The van der Waals surface area contributed by atoms with Crippen molar-refractivity contribution in [1.82, 2.24) is 4.90 Å². The van der Waals surface area contributed by atoms with Gasteiger partial charge in [0.15, 0.2) is 0 Å². The van der Waals surface area contributed by atoms with E-state index in [1.165, 1.54) is 4.90 Å². The predicted molar refractivity (Wildman–Crippen MR) is 101 cm³/mol. The molecule has 1 atom stereocenters. The summed E-state index contributed by atoms with van der Waals surface area (Å²) in [6.45, 7) is 2.08. The van der Waals surface area contributed by atoms with E-state index >= 15 is 0 Å². The van der Waals surface area contributed by atoms with Crippen molar-refractivity contribution in [3.63, 3.8) is 0 Å². The predicted octanol–water partition coefficient (Wildman–Crippen LogP) is 3.39. The molecular weight excluding hydrogens is 346 g/mol. The highest BCUT2D eigenvalue weighted by Gasteiger charge is 2.31. The first-order valence-electron chi connectivity index (χ1n) is 9.00. The van der Waals surface area contributed by atoms with Gasteiger partial charge in [-0.15, -0.1) is 0 Å². The number of para-hydroxylation sites is 1. The Morgan fingerprint density at radius 1 is 1.04 bits per heavy atom. The van der Waals surface area contributed by atoms with E-state index in [0.29, 0.717) is 18.7 Å². The Balaban J connectivity index is 2.08. The van der Waals surface area contributed by atoms with Crippen molar-refractivity contribution in [1.29, 1.82) is 0 Å². The summed E-state index contributed by atoms with van der Waals surface area (Å²) in [5.41, 5.74) is 0.855. The lowest BCUT2D eigenvalue weighted by molar-refractivity contribution is -0.140. The maximum Gasteiger partial charge on any atom is 0.410 e. The van der Waals surface area contributed by atoms with Gasteiger partial charge in [0, 0.05) is 19.6 Å². The second-order valence-corrected chi connectivity index (χ2v) is 6.00. The van der Waals surface area contributed by atoms with Crippen LogP contribution in [0, 0.1) is 0 Å². The molecule has 27 heavy (non-hydrogen) atoms. The smallest absolute Gasteiger partial charge is 0.410 e. The molecule has 0 aliphatic heterocycles. The summed E-state index contributed by atoms with van der Waals surface area (Å²) < 4.78 is 10.7. The van der Waals surface area contributed by atoms with Crippen molar-refractivity contribution >= 4 is 12.1 Å². The maximum atomic E-state index is 12.6. The van der Waals surface area contributed by atoms with Gasteiger partial charge in [-0.25, -0.2) is 9.59 Å². The summed E-state index contributed by atoms with van der Waals surface area (Å²) in [7, 11) is 0. The Bertz CT molecular complexity index is 705. The summed E-state index contributed by atoms with van der Waals surface area (Å²) >= 11 is 0. The molecule has 2 aromatic carbocycles. The molecule has 6 heteroatoms. The van der Waals surface area contributed by atoms with E-state index in [-0.39, 0.29) is 19.6 Å². The van der Waals surface area contributed by atoms with Crippen LogP contribution in [0.5, 0.6) is 5.75 Å². The number of aliphatic hydroxyl groups excluding tert-OH is 1. The molecule has 0 aliphatic rings. The number of aliphatic hydroxyl groups is 1. The highest BCUT2D eigenvalue weighted by molar-refractivity contribution is 5.83. The standard InChI is InChI=1S/C21H25NO5/c1-2-14-22(21(25)26-16-17-9-5-3-6-10-17)19(13-15-23)20(24)27-18-11-7-4-8-12-18/h3-12,19,23H,2,13-16H2,1H3/t19-/m0/s1. The van der Waals surface area contributed by atoms with E-state index in [4.69, 9.17) is 9.47 Å². The summed E-state index contributed by atoms with van der Waals surface area (Å²) in [4.78, 5) is 26.5. The summed E-state index contributed by atoms with van der Waals surface area (Å²) in [5.74, 6) is -0.208. The largest absolute Gasteiger partial charge is 0.445 e. The molecule has 1 N–H and O–H groups in total. The minimum atomic E-state index is -0.918. The average Bonchev–Trinajstić information content (AvgIpc) is 2.70. The van der Waals surface area contributed by atoms with E-state index in [0.717, 1.165) is 5.56 Å². The van der Waals surface area contributed by atoms with Crippen LogP contribution in [0.4, 0.5) is 4.79 Å². The molecular formula is C21H25NO5. The molecule has 0 saturated heterocycles. The highest BCUT2D eigenvalue weighted by atomic mass is 16.6. The molecule has 6 nitrogen and oxygen atoms in total. The number of nitrogens with zero attached hydrogens (tertiary/aromatic N) is 1. The van der Waals surface area contributed by atoms with E-state index < -0.39 is 18.1 Å². The number of hydrogen-bond acceptors (Lipinski definition) is 5. The number of hydrogen-bond donors (Lipinski definition) is 1. The maximum absolute atomic E-state index is 12.6. The van der Waals surface area contributed by atoms with E-state index in [1.54, 1.807) is 24.3 Å². The van der Waals surface area contributed by atoms with Gasteiger partial charge in [-0.2, -0.15) is 0 Å². The molecule has 0 aliphatic carbocycles. The summed E-state index contributed by atoms with van der Waals surface area (Å²) in [5, 5.41) is 9.37. The molecule has 0 spiro atoms. The van der Waals surface area contributed by atoms with Gasteiger partial charge in [0.2, 0.25) is 0 Å². The number of rotatable bonds is 9. The SMILES string of the molecule is CCCN(C(=O)OCc1ccccc1)[C@@H](CCO)C(=O)Oc1ccccc1. The average molecular weight is 371 g/mol. The van der Waals surface area contributed by atoms with Gasteiger partial charge in [-0.05, 0) is 24.1 Å². The molecule has 1 amide bonds. The number of esters is 1. The fourth-order valence-electron chi connectivity index (χ4n) is 2.61. The Morgan fingerprint density at radius 3 is 2.26 bits per heavy atom. The van der Waals surface area contributed by atoms with Crippen LogP contribution >= 0.6 is 0 Å². The molecule has 0 aromatic heterocycles. The van der Waals surface area contributed by atoms with E-state index in [1.807, 2.05) is 43.3 Å². The third kappa shape index (κ3) is 6.42. The highest BCUT2D eigenvalue weighted by Crippen LogP contribution is 2.15. The zero-order valence-electron chi connectivity index (χ0n) is 15.4. The monoisotopic (exact) mass is 371 g/mol.